The molecule has 5 nitrogen and oxygen atoms in total. The van der Waals surface area contributed by atoms with E-state index < -0.39 is 0 Å². The van der Waals surface area contributed by atoms with Crippen molar-refractivity contribution in [1.29, 1.82) is 0 Å². The molecule has 0 aromatic heterocycles. The van der Waals surface area contributed by atoms with Crippen molar-refractivity contribution in [1.82, 2.24) is 4.90 Å². The average Bonchev–Trinajstić information content (AvgIpc) is 2.77. The Morgan fingerprint density at radius 2 is 1.68 bits per heavy atom. The first-order valence-corrected chi connectivity index (χ1v) is 10.3. The molecule has 1 saturated heterocycles. The van der Waals surface area contributed by atoms with Crippen LogP contribution in [0.25, 0.3) is 0 Å². The van der Waals surface area contributed by atoms with Gasteiger partial charge >= 0.3 is 6.03 Å². The summed E-state index contributed by atoms with van der Waals surface area (Å²) in [6.45, 7) is 1.70. The van der Waals surface area contributed by atoms with Gasteiger partial charge in [0, 0.05) is 31.0 Å². The number of hydrogen-bond acceptors (Lipinski definition) is 2. The van der Waals surface area contributed by atoms with E-state index in [9.17, 15) is 14.0 Å². The Labute approximate surface area is 181 Å². The van der Waals surface area contributed by atoms with Crippen LogP contribution in [-0.2, 0) is 17.8 Å². The van der Waals surface area contributed by atoms with Gasteiger partial charge in [-0.05, 0) is 47.9 Å². The Kier molecular flexibility index (Phi) is 6.26. The van der Waals surface area contributed by atoms with Gasteiger partial charge < -0.3 is 10.2 Å². The Morgan fingerprint density at radius 3 is 2.45 bits per heavy atom. The van der Waals surface area contributed by atoms with Crippen LogP contribution in [-0.4, -0.2) is 29.9 Å². The van der Waals surface area contributed by atoms with Crippen molar-refractivity contribution < 1.29 is 14.0 Å². The van der Waals surface area contributed by atoms with Gasteiger partial charge in [-0.15, -0.1) is 0 Å². The minimum absolute atomic E-state index is 0.0941. The van der Waals surface area contributed by atoms with Gasteiger partial charge in [0.15, 0.2) is 0 Å². The second kappa shape index (κ2) is 9.43. The lowest BCUT2D eigenvalue weighted by atomic mass is 10.1. The lowest BCUT2D eigenvalue weighted by Crippen LogP contribution is -2.49. The number of carbonyl (C=O) groups excluding carboxylic acids is 2. The van der Waals surface area contributed by atoms with Gasteiger partial charge in [0.25, 0.3) is 0 Å². The third-order valence-corrected chi connectivity index (χ3v) is 5.25. The fraction of sp³-hybridized carbons (Fsp3) is 0.200. The van der Waals surface area contributed by atoms with E-state index in [4.69, 9.17) is 0 Å². The first kappa shape index (κ1) is 20.6. The molecule has 3 amide bonds. The molecule has 0 spiro atoms. The fourth-order valence-electron chi connectivity index (χ4n) is 3.72. The molecular formula is C25H24FN3O2. The van der Waals surface area contributed by atoms with Crippen molar-refractivity contribution in [3.63, 3.8) is 0 Å². The minimum atomic E-state index is -0.290. The van der Waals surface area contributed by atoms with Crippen molar-refractivity contribution in [2.75, 3.05) is 23.3 Å². The molecular weight excluding hydrogens is 393 g/mol. The van der Waals surface area contributed by atoms with Crippen LogP contribution in [0.1, 0.15) is 17.5 Å². The highest BCUT2D eigenvalue weighted by molar-refractivity contribution is 5.95. The van der Waals surface area contributed by atoms with Gasteiger partial charge in [-0.3, -0.25) is 9.69 Å². The van der Waals surface area contributed by atoms with Crippen LogP contribution in [0.15, 0.2) is 78.9 Å². The number of amides is 3. The van der Waals surface area contributed by atoms with E-state index in [-0.39, 0.29) is 17.8 Å². The summed E-state index contributed by atoms with van der Waals surface area (Å²) >= 11 is 0. The molecule has 6 heteroatoms. The predicted molar refractivity (Wildman–Crippen MR) is 119 cm³/mol. The first-order chi connectivity index (χ1) is 15.1. The zero-order valence-electron chi connectivity index (χ0n) is 17.1. The third-order valence-electron chi connectivity index (χ3n) is 5.25. The zero-order valence-corrected chi connectivity index (χ0v) is 17.1. The van der Waals surface area contributed by atoms with E-state index in [0.29, 0.717) is 31.7 Å². The average molecular weight is 417 g/mol. The van der Waals surface area contributed by atoms with E-state index in [2.05, 4.69) is 5.32 Å². The standard InChI is InChI=1S/C25H24FN3O2/c26-21-12-10-20(11-13-21)18-28-14-5-15-29(25(28)31)23-9-4-8-22(17-23)27-24(30)16-19-6-2-1-3-7-19/h1-4,6-13,17H,5,14-16,18H2,(H,27,30). The molecule has 158 valence electrons. The quantitative estimate of drug-likeness (QED) is 0.624. The van der Waals surface area contributed by atoms with Crippen LogP contribution in [0.4, 0.5) is 20.6 Å². The molecule has 31 heavy (non-hydrogen) atoms. The predicted octanol–water partition coefficient (Wildman–Crippen LogP) is 4.84. The van der Waals surface area contributed by atoms with Crippen LogP contribution in [0.5, 0.6) is 0 Å². The largest absolute Gasteiger partial charge is 0.326 e. The molecule has 1 fully saturated rings. The van der Waals surface area contributed by atoms with E-state index >= 15 is 0 Å². The van der Waals surface area contributed by atoms with Gasteiger partial charge in [0.2, 0.25) is 5.91 Å². The van der Waals surface area contributed by atoms with Crippen molar-refractivity contribution in [2.24, 2.45) is 0 Å². The summed E-state index contributed by atoms with van der Waals surface area (Å²) in [6.07, 6.45) is 1.12. The second-order valence-corrected chi connectivity index (χ2v) is 7.60. The topological polar surface area (TPSA) is 52.7 Å². The SMILES string of the molecule is O=C(Cc1ccccc1)Nc1cccc(N2CCCN(Cc3ccc(F)cc3)C2=O)c1. The van der Waals surface area contributed by atoms with Crippen molar-refractivity contribution in [3.8, 4) is 0 Å². The summed E-state index contributed by atoms with van der Waals surface area (Å²) in [5.41, 5.74) is 3.23. The van der Waals surface area contributed by atoms with Crippen LogP contribution >= 0.6 is 0 Å². The van der Waals surface area contributed by atoms with Gasteiger partial charge in [-0.1, -0.05) is 48.5 Å². The minimum Gasteiger partial charge on any atom is -0.326 e. The first-order valence-electron chi connectivity index (χ1n) is 10.3. The molecule has 0 radical (unpaired) electrons. The van der Waals surface area contributed by atoms with E-state index in [1.165, 1.54) is 12.1 Å². The number of urea groups is 1. The Bertz CT molecular complexity index is 1050. The summed E-state index contributed by atoms with van der Waals surface area (Å²) in [4.78, 5) is 28.9. The fourth-order valence-corrected chi connectivity index (χ4v) is 3.72. The molecule has 1 aliphatic rings. The monoisotopic (exact) mass is 417 g/mol. The lowest BCUT2D eigenvalue weighted by molar-refractivity contribution is -0.115. The molecule has 1 aliphatic heterocycles. The smallest absolute Gasteiger partial charge is 0.324 e. The number of carbonyl (C=O) groups is 2. The molecule has 1 heterocycles. The number of nitrogens with zero attached hydrogens (tertiary/aromatic N) is 2. The van der Waals surface area contributed by atoms with Crippen molar-refractivity contribution >= 4 is 23.3 Å². The molecule has 3 aromatic carbocycles. The number of halogens is 1. The number of rotatable bonds is 6. The maximum atomic E-state index is 13.2. The highest BCUT2D eigenvalue weighted by atomic mass is 19.1. The normalized spacial score (nSPS) is 13.9. The van der Waals surface area contributed by atoms with Gasteiger partial charge in [-0.25, -0.2) is 9.18 Å². The summed E-state index contributed by atoms with van der Waals surface area (Å²) in [7, 11) is 0. The maximum absolute atomic E-state index is 13.2. The number of nitrogens with one attached hydrogen (secondary N) is 1. The Morgan fingerprint density at radius 1 is 0.903 bits per heavy atom. The molecule has 0 unspecified atom stereocenters. The van der Waals surface area contributed by atoms with Crippen molar-refractivity contribution in [3.05, 3.63) is 95.8 Å². The molecule has 4 rings (SSSR count). The molecule has 1 N–H and O–H groups in total. The van der Waals surface area contributed by atoms with Gasteiger partial charge in [0.05, 0.1) is 6.42 Å². The highest BCUT2D eigenvalue weighted by Crippen LogP contribution is 2.24. The summed E-state index contributed by atoms with van der Waals surface area (Å²) in [5, 5.41) is 2.92. The lowest BCUT2D eigenvalue weighted by Gasteiger charge is -2.36. The van der Waals surface area contributed by atoms with Crippen molar-refractivity contribution in [2.45, 2.75) is 19.4 Å². The summed E-state index contributed by atoms with van der Waals surface area (Å²) < 4.78 is 13.2. The van der Waals surface area contributed by atoms with E-state index in [1.54, 1.807) is 21.9 Å². The molecule has 0 saturated carbocycles. The van der Waals surface area contributed by atoms with Crippen LogP contribution < -0.4 is 10.2 Å². The maximum Gasteiger partial charge on any atom is 0.324 e. The number of benzene rings is 3. The van der Waals surface area contributed by atoms with E-state index in [1.807, 2.05) is 54.6 Å². The van der Waals surface area contributed by atoms with Crippen LogP contribution in [0, 0.1) is 5.82 Å². The molecule has 0 atom stereocenters. The molecule has 0 aliphatic carbocycles. The summed E-state index contributed by atoms with van der Waals surface area (Å²) in [5.74, 6) is -0.396. The third kappa shape index (κ3) is 5.28. The highest BCUT2D eigenvalue weighted by Gasteiger charge is 2.27. The molecule has 0 bridgehead atoms. The van der Waals surface area contributed by atoms with Gasteiger partial charge in [-0.2, -0.15) is 0 Å². The second-order valence-electron chi connectivity index (χ2n) is 7.60. The Hall–Kier alpha value is -3.67. The van der Waals surface area contributed by atoms with Crippen LogP contribution in [0.2, 0.25) is 0 Å². The zero-order chi connectivity index (χ0) is 21.6. The summed E-state index contributed by atoms with van der Waals surface area (Å²) in [6, 6.07) is 23.0. The Balaban J connectivity index is 1.43. The molecule has 3 aromatic rings. The van der Waals surface area contributed by atoms with E-state index in [0.717, 1.165) is 23.2 Å². The number of anilines is 2. The van der Waals surface area contributed by atoms with Crippen LogP contribution in [0.3, 0.4) is 0 Å². The van der Waals surface area contributed by atoms with Gasteiger partial charge in [0.1, 0.15) is 5.82 Å². The number of hydrogen-bond donors (Lipinski definition) is 1.